The Balaban J connectivity index is 1.65. The van der Waals surface area contributed by atoms with Gasteiger partial charge >= 0.3 is 6.18 Å². The number of nitrogens with zero attached hydrogens (tertiary/aromatic N) is 3. The quantitative estimate of drug-likeness (QED) is 0.217. The van der Waals surface area contributed by atoms with Crippen LogP contribution in [0.5, 0.6) is 0 Å². The molecule has 5 aromatic rings. The largest absolute Gasteiger partial charge is 0.434 e. The zero-order chi connectivity index (χ0) is 28.7. The van der Waals surface area contributed by atoms with Crippen molar-refractivity contribution in [3.05, 3.63) is 119 Å². The lowest BCUT2D eigenvalue weighted by atomic mass is 10.1. The molecule has 0 aliphatic rings. The molecule has 0 radical (unpaired) electrons. The van der Waals surface area contributed by atoms with Crippen LogP contribution in [-0.4, -0.2) is 30.4 Å². The van der Waals surface area contributed by atoms with E-state index in [4.69, 9.17) is 11.6 Å². The number of anilines is 1. The molecule has 0 atom stereocenters. The SMILES string of the molecule is CS(=O)(=O)c1cccc(N(Cc2ccc3ccccc3c2)C(=O)c2cnn(-c3ccc(Cl)cc3)c2C(F)(F)F)c1. The molecule has 0 aliphatic heterocycles. The topological polar surface area (TPSA) is 72.3 Å². The van der Waals surface area contributed by atoms with Crippen LogP contribution in [0, 0.1) is 0 Å². The lowest BCUT2D eigenvalue weighted by molar-refractivity contribution is -0.143. The minimum absolute atomic E-state index is 0.0657. The number of hydrogen-bond donors (Lipinski definition) is 0. The number of carbonyl (C=O) groups is 1. The van der Waals surface area contributed by atoms with Crippen LogP contribution < -0.4 is 4.90 Å². The zero-order valence-electron chi connectivity index (χ0n) is 20.9. The van der Waals surface area contributed by atoms with Crippen LogP contribution >= 0.6 is 11.6 Å². The Bertz CT molecular complexity index is 1840. The smallest absolute Gasteiger partial charge is 0.304 e. The lowest BCUT2D eigenvalue weighted by Crippen LogP contribution is -2.32. The van der Waals surface area contributed by atoms with Crippen LogP contribution in [0.15, 0.2) is 102 Å². The first-order valence-electron chi connectivity index (χ1n) is 11.9. The monoisotopic (exact) mass is 583 g/mol. The number of rotatable bonds is 6. The Morgan fingerprint density at radius 3 is 2.30 bits per heavy atom. The van der Waals surface area contributed by atoms with E-state index in [1.165, 1.54) is 48.5 Å². The molecule has 1 aromatic heterocycles. The summed E-state index contributed by atoms with van der Waals surface area (Å²) in [6, 6.07) is 24.1. The van der Waals surface area contributed by atoms with Gasteiger partial charge in [0.05, 0.1) is 28.9 Å². The highest BCUT2D eigenvalue weighted by Crippen LogP contribution is 2.35. The van der Waals surface area contributed by atoms with Gasteiger partial charge in [0.15, 0.2) is 15.5 Å². The van der Waals surface area contributed by atoms with Crippen molar-refractivity contribution in [1.29, 1.82) is 0 Å². The second-order valence-electron chi connectivity index (χ2n) is 9.14. The number of carbonyl (C=O) groups excluding carboxylic acids is 1. The average Bonchev–Trinajstić information content (AvgIpc) is 3.37. The van der Waals surface area contributed by atoms with Gasteiger partial charge in [0.2, 0.25) is 0 Å². The van der Waals surface area contributed by atoms with E-state index in [9.17, 15) is 26.4 Å². The number of hydrogen-bond acceptors (Lipinski definition) is 4. The van der Waals surface area contributed by atoms with Gasteiger partial charge in [-0.05, 0) is 64.9 Å². The molecule has 0 N–H and O–H groups in total. The van der Waals surface area contributed by atoms with Gasteiger partial charge in [-0.15, -0.1) is 0 Å². The molecule has 4 aromatic carbocycles. The number of sulfone groups is 1. The predicted molar refractivity (Wildman–Crippen MR) is 148 cm³/mol. The molecule has 40 heavy (non-hydrogen) atoms. The van der Waals surface area contributed by atoms with Crippen LogP contribution in [-0.2, 0) is 22.6 Å². The number of halogens is 4. The number of aromatic nitrogens is 2. The van der Waals surface area contributed by atoms with Crippen molar-refractivity contribution in [3.63, 3.8) is 0 Å². The summed E-state index contributed by atoms with van der Waals surface area (Å²) < 4.78 is 68.4. The number of amides is 1. The minimum atomic E-state index is -4.94. The van der Waals surface area contributed by atoms with Gasteiger partial charge in [0.1, 0.15) is 0 Å². The van der Waals surface area contributed by atoms with Gasteiger partial charge in [-0.3, -0.25) is 4.79 Å². The molecule has 0 saturated heterocycles. The summed E-state index contributed by atoms with van der Waals surface area (Å²) in [5.74, 6) is -0.994. The summed E-state index contributed by atoms with van der Waals surface area (Å²) in [6.45, 7) is -0.125. The van der Waals surface area contributed by atoms with E-state index in [2.05, 4.69) is 5.10 Å². The third-order valence-corrected chi connectivity index (χ3v) is 7.66. The van der Waals surface area contributed by atoms with E-state index in [1.807, 2.05) is 36.4 Å². The highest BCUT2D eigenvalue weighted by molar-refractivity contribution is 7.90. The van der Waals surface area contributed by atoms with Crippen LogP contribution in [0.3, 0.4) is 0 Å². The van der Waals surface area contributed by atoms with E-state index in [-0.39, 0.29) is 22.8 Å². The Kier molecular flexibility index (Phi) is 7.16. The van der Waals surface area contributed by atoms with Crippen molar-refractivity contribution in [2.45, 2.75) is 17.6 Å². The normalized spacial score (nSPS) is 12.0. The molecule has 0 spiro atoms. The summed E-state index contributed by atoms with van der Waals surface area (Å²) in [5.41, 5.74) is -1.13. The van der Waals surface area contributed by atoms with E-state index in [0.29, 0.717) is 15.3 Å². The first kappa shape index (κ1) is 27.4. The number of alkyl halides is 3. The predicted octanol–water partition coefficient (Wildman–Crippen LogP) is 6.95. The summed E-state index contributed by atoms with van der Waals surface area (Å²) in [4.78, 5) is 15.0. The van der Waals surface area contributed by atoms with Gasteiger partial charge in [-0.1, -0.05) is 54.1 Å². The Morgan fingerprint density at radius 1 is 0.925 bits per heavy atom. The minimum Gasteiger partial charge on any atom is -0.304 e. The van der Waals surface area contributed by atoms with Gasteiger partial charge in [0.25, 0.3) is 5.91 Å². The molecule has 5 rings (SSSR count). The standard InChI is InChI=1S/C29H21ClF3N3O3S/c1-40(38,39)25-8-4-7-24(16-25)35(18-19-9-10-20-5-2-3-6-21(20)15-19)28(37)26-17-34-36(27(26)29(31,32)33)23-13-11-22(30)12-14-23/h2-17H,18H2,1H3. The van der Waals surface area contributed by atoms with Gasteiger partial charge in [-0.25, -0.2) is 13.1 Å². The van der Waals surface area contributed by atoms with Gasteiger partial charge < -0.3 is 4.90 Å². The van der Waals surface area contributed by atoms with Crippen molar-refractivity contribution in [2.24, 2.45) is 0 Å². The van der Waals surface area contributed by atoms with E-state index in [0.717, 1.165) is 28.1 Å². The summed E-state index contributed by atoms with van der Waals surface area (Å²) in [5, 5.41) is 6.05. The third-order valence-electron chi connectivity index (χ3n) is 6.30. The maximum absolute atomic E-state index is 14.4. The van der Waals surface area contributed by atoms with Crippen LogP contribution in [0.1, 0.15) is 21.6 Å². The second-order valence-corrected chi connectivity index (χ2v) is 11.6. The molecular formula is C29H21ClF3N3O3S. The summed E-state index contributed by atoms with van der Waals surface area (Å²) >= 11 is 5.90. The Labute approximate surface area is 233 Å². The molecule has 0 unspecified atom stereocenters. The molecule has 0 aliphatic carbocycles. The van der Waals surface area contributed by atoms with E-state index in [1.54, 1.807) is 6.07 Å². The molecule has 204 valence electrons. The van der Waals surface area contributed by atoms with E-state index >= 15 is 0 Å². The zero-order valence-corrected chi connectivity index (χ0v) is 22.5. The Hall–Kier alpha value is -4.15. The van der Waals surface area contributed by atoms with E-state index < -0.39 is 33.2 Å². The molecule has 1 amide bonds. The highest BCUT2D eigenvalue weighted by Gasteiger charge is 2.41. The highest BCUT2D eigenvalue weighted by atomic mass is 35.5. The van der Waals surface area contributed by atoms with Crippen molar-refractivity contribution >= 4 is 43.8 Å². The van der Waals surface area contributed by atoms with Crippen LogP contribution in [0.4, 0.5) is 18.9 Å². The second kappa shape index (κ2) is 10.4. The summed E-state index contributed by atoms with van der Waals surface area (Å²) in [7, 11) is -3.66. The van der Waals surface area contributed by atoms with Gasteiger partial charge in [0, 0.05) is 17.0 Å². The molecule has 0 saturated carbocycles. The lowest BCUT2D eigenvalue weighted by Gasteiger charge is -2.24. The third kappa shape index (κ3) is 5.59. The number of fused-ring (bicyclic) bond motifs is 1. The van der Waals surface area contributed by atoms with Crippen LogP contribution in [0.2, 0.25) is 5.02 Å². The fourth-order valence-electron chi connectivity index (χ4n) is 4.38. The average molecular weight is 584 g/mol. The number of benzene rings is 4. The maximum Gasteiger partial charge on any atom is 0.434 e. The fraction of sp³-hybridized carbons (Fsp3) is 0.103. The first-order chi connectivity index (χ1) is 18.9. The molecule has 0 bridgehead atoms. The van der Waals surface area contributed by atoms with Crippen molar-refractivity contribution in [2.75, 3.05) is 11.2 Å². The molecule has 11 heteroatoms. The van der Waals surface area contributed by atoms with Crippen molar-refractivity contribution in [1.82, 2.24) is 9.78 Å². The van der Waals surface area contributed by atoms with Crippen molar-refractivity contribution in [3.8, 4) is 5.69 Å². The fourth-order valence-corrected chi connectivity index (χ4v) is 5.17. The summed E-state index contributed by atoms with van der Waals surface area (Å²) in [6.07, 6.45) is -3.06. The molecule has 1 heterocycles. The maximum atomic E-state index is 14.4. The van der Waals surface area contributed by atoms with Crippen LogP contribution in [0.25, 0.3) is 16.5 Å². The Morgan fingerprint density at radius 2 is 1.62 bits per heavy atom. The molecule has 0 fully saturated rings. The first-order valence-corrected chi connectivity index (χ1v) is 14.2. The van der Waals surface area contributed by atoms with Gasteiger partial charge in [-0.2, -0.15) is 18.3 Å². The molecule has 6 nitrogen and oxygen atoms in total. The molecular weight excluding hydrogens is 563 g/mol. The van der Waals surface area contributed by atoms with Crippen molar-refractivity contribution < 1.29 is 26.4 Å².